The van der Waals surface area contributed by atoms with Crippen molar-refractivity contribution in [3.05, 3.63) is 45.7 Å². The second kappa shape index (κ2) is 7.07. The standard InChI is InChI=1S/C22H24N2O8/c1-24(2)16-12-6-8-5-10-9(21(30)31)3-4-13(25)15(10)18(27)14(8)19(28)22(12,32)7-11(17(16)26)20(23)29/h3-4,8,12,16,25-27,32H,5-7H2,1-2H3,(H2,23,29)(H,30,31). The Labute approximate surface area is 182 Å². The van der Waals surface area contributed by atoms with Gasteiger partial charge in [0.25, 0.3) is 0 Å². The van der Waals surface area contributed by atoms with Crippen LogP contribution in [0.4, 0.5) is 0 Å². The predicted molar refractivity (Wildman–Crippen MR) is 111 cm³/mol. The lowest BCUT2D eigenvalue weighted by Gasteiger charge is -2.51. The zero-order chi connectivity index (χ0) is 23.7. The van der Waals surface area contributed by atoms with E-state index in [4.69, 9.17) is 5.73 Å². The fraction of sp³-hybridized carbons (Fsp3) is 0.409. The van der Waals surface area contributed by atoms with E-state index in [1.807, 2.05) is 0 Å². The van der Waals surface area contributed by atoms with Gasteiger partial charge in [-0.3, -0.25) is 14.5 Å². The number of amides is 1. The molecule has 1 aromatic carbocycles. The molecule has 10 heteroatoms. The van der Waals surface area contributed by atoms with Gasteiger partial charge in [-0.15, -0.1) is 0 Å². The Morgan fingerprint density at radius 2 is 1.84 bits per heavy atom. The van der Waals surface area contributed by atoms with Crippen LogP contribution in [0.15, 0.2) is 29.0 Å². The number of aliphatic hydroxyl groups excluding tert-OH is 2. The summed E-state index contributed by atoms with van der Waals surface area (Å²) in [4.78, 5) is 38.8. The van der Waals surface area contributed by atoms with Gasteiger partial charge in [-0.1, -0.05) is 0 Å². The molecule has 4 unspecified atom stereocenters. The summed E-state index contributed by atoms with van der Waals surface area (Å²) in [6, 6.07) is 1.46. The van der Waals surface area contributed by atoms with E-state index in [0.29, 0.717) is 0 Å². The van der Waals surface area contributed by atoms with Crippen LogP contribution >= 0.6 is 0 Å². The van der Waals surface area contributed by atoms with E-state index in [0.717, 1.165) is 6.07 Å². The van der Waals surface area contributed by atoms with Gasteiger partial charge in [0.15, 0.2) is 5.78 Å². The second-order valence-electron chi connectivity index (χ2n) is 8.86. The molecular formula is C22H24N2O8. The highest BCUT2D eigenvalue weighted by molar-refractivity contribution is 6.10. The number of carbonyl (C=O) groups is 3. The van der Waals surface area contributed by atoms with Crippen LogP contribution in [0.1, 0.15) is 34.3 Å². The van der Waals surface area contributed by atoms with E-state index >= 15 is 0 Å². The van der Waals surface area contributed by atoms with Crippen LogP contribution in [0.5, 0.6) is 5.75 Å². The lowest BCUT2D eigenvalue weighted by molar-refractivity contribution is -0.151. The number of nitrogens with zero attached hydrogens (tertiary/aromatic N) is 1. The molecule has 0 heterocycles. The molecule has 10 nitrogen and oxygen atoms in total. The molecule has 0 aliphatic heterocycles. The molecule has 32 heavy (non-hydrogen) atoms. The van der Waals surface area contributed by atoms with Crippen molar-refractivity contribution in [1.82, 2.24) is 4.90 Å². The molecule has 4 rings (SSSR count). The second-order valence-corrected chi connectivity index (χ2v) is 8.86. The molecule has 7 N–H and O–H groups in total. The number of rotatable bonds is 3. The smallest absolute Gasteiger partial charge is 0.335 e. The molecule has 0 spiro atoms. The molecule has 170 valence electrons. The number of aromatic hydroxyl groups is 1. The number of carboxylic acids is 1. The summed E-state index contributed by atoms with van der Waals surface area (Å²) >= 11 is 0. The number of carbonyl (C=O) groups excluding carboxylic acids is 2. The van der Waals surface area contributed by atoms with Gasteiger partial charge < -0.3 is 31.3 Å². The average Bonchev–Trinajstić information content (AvgIpc) is 2.68. The molecule has 4 atom stereocenters. The lowest BCUT2D eigenvalue weighted by Crippen LogP contribution is -2.62. The first-order valence-electron chi connectivity index (χ1n) is 10.1. The van der Waals surface area contributed by atoms with Crippen molar-refractivity contribution < 1.29 is 39.9 Å². The van der Waals surface area contributed by atoms with Crippen molar-refractivity contribution in [3.8, 4) is 5.75 Å². The number of hydrogen-bond donors (Lipinski definition) is 6. The summed E-state index contributed by atoms with van der Waals surface area (Å²) in [5.41, 5.74) is 2.80. The number of benzene rings is 1. The average molecular weight is 444 g/mol. The minimum atomic E-state index is -2.12. The Balaban J connectivity index is 1.93. The highest BCUT2D eigenvalue weighted by Crippen LogP contribution is 2.53. The Kier molecular flexibility index (Phi) is 4.83. The number of phenolic OH excluding ortho intramolecular Hbond substituents is 1. The van der Waals surface area contributed by atoms with Crippen LogP contribution in [-0.4, -0.2) is 73.8 Å². The third-order valence-electron chi connectivity index (χ3n) is 6.93. The number of phenols is 1. The van der Waals surface area contributed by atoms with E-state index in [1.165, 1.54) is 6.07 Å². The summed E-state index contributed by atoms with van der Waals surface area (Å²) in [5, 5.41) is 53.0. The quantitative estimate of drug-likeness (QED) is 0.386. The minimum absolute atomic E-state index is 0.0381. The van der Waals surface area contributed by atoms with Gasteiger partial charge in [0.1, 0.15) is 22.9 Å². The topological polar surface area (TPSA) is 182 Å². The predicted octanol–water partition coefficient (Wildman–Crippen LogP) is 0.483. The molecule has 1 fully saturated rings. The van der Waals surface area contributed by atoms with Crippen LogP contribution in [0, 0.1) is 11.8 Å². The lowest BCUT2D eigenvalue weighted by atomic mass is 9.57. The van der Waals surface area contributed by atoms with Crippen LogP contribution in [0.25, 0.3) is 5.76 Å². The molecule has 0 radical (unpaired) electrons. The number of aromatic carboxylic acids is 1. The van der Waals surface area contributed by atoms with Crippen molar-refractivity contribution in [2.24, 2.45) is 17.6 Å². The van der Waals surface area contributed by atoms with Crippen LogP contribution in [0.2, 0.25) is 0 Å². The molecule has 3 aliphatic rings. The van der Waals surface area contributed by atoms with Crippen molar-refractivity contribution in [2.45, 2.75) is 30.9 Å². The van der Waals surface area contributed by atoms with E-state index in [-0.39, 0.29) is 52.2 Å². The number of hydrogen-bond acceptors (Lipinski definition) is 8. The van der Waals surface area contributed by atoms with Crippen LogP contribution in [0.3, 0.4) is 0 Å². The van der Waals surface area contributed by atoms with Crippen molar-refractivity contribution in [2.75, 3.05) is 14.1 Å². The molecule has 0 saturated heterocycles. The SMILES string of the molecule is CN(C)C1C(O)=C(C(N)=O)CC2(O)C(=O)C3=C(O)c4c(O)ccc(C(=O)O)c4CC3CC12. The maximum Gasteiger partial charge on any atom is 0.335 e. The monoisotopic (exact) mass is 444 g/mol. The fourth-order valence-electron chi connectivity index (χ4n) is 5.53. The Morgan fingerprint density at radius 3 is 2.41 bits per heavy atom. The third-order valence-corrected chi connectivity index (χ3v) is 6.93. The number of aliphatic hydroxyl groups is 3. The molecule has 3 aliphatic carbocycles. The number of likely N-dealkylation sites (N-methyl/N-ethyl adjacent to an activating group) is 1. The Morgan fingerprint density at radius 1 is 1.19 bits per heavy atom. The molecule has 1 aromatic rings. The number of carboxylic acid groups (broad SMARTS) is 1. The highest BCUT2D eigenvalue weighted by Gasteiger charge is 2.60. The largest absolute Gasteiger partial charge is 0.510 e. The van der Waals surface area contributed by atoms with E-state index < -0.39 is 53.3 Å². The van der Waals surface area contributed by atoms with Crippen molar-refractivity contribution >= 4 is 23.4 Å². The summed E-state index contributed by atoms with van der Waals surface area (Å²) < 4.78 is 0. The number of primary amides is 1. The summed E-state index contributed by atoms with van der Waals surface area (Å²) in [6.07, 6.45) is -0.357. The Hall–Kier alpha value is -3.37. The van der Waals surface area contributed by atoms with Gasteiger partial charge in [-0.25, -0.2) is 4.79 Å². The van der Waals surface area contributed by atoms with Gasteiger partial charge in [-0.05, 0) is 50.6 Å². The van der Waals surface area contributed by atoms with Gasteiger partial charge >= 0.3 is 5.97 Å². The van der Waals surface area contributed by atoms with Crippen molar-refractivity contribution in [1.29, 1.82) is 0 Å². The van der Waals surface area contributed by atoms with Gasteiger partial charge in [0.05, 0.1) is 22.7 Å². The van der Waals surface area contributed by atoms with Crippen LogP contribution in [-0.2, 0) is 16.0 Å². The van der Waals surface area contributed by atoms with Crippen molar-refractivity contribution in [3.63, 3.8) is 0 Å². The molecule has 0 bridgehead atoms. The van der Waals surface area contributed by atoms with Crippen LogP contribution < -0.4 is 5.73 Å². The zero-order valence-corrected chi connectivity index (χ0v) is 17.5. The summed E-state index contributed by atoms with van der Waals surface area (Å²) in [6.45, 7) is 0. The molecule has 0 aromatic heterocycles. The number of nitrogens with two attached hydrogens (primary N) is 1. The molecular weight excluding hydrogens is 420 g/mol. The molecule has 1 amide bonds. The summed E-state index contributed by atoms with van der Waals surface area (Å²) in [7, 11) is 3.24. The van der Waals surface area contributed by atoms with Gasteiger partial charge in [0.2, 0.25) is 5.91 Å². The maximum atomic E-state index is 13.6. The first kappa shape index (κ1) is 21.8. The number of Topliss-reactive ketones (excluding diaryl/α,β-unsaturated/α-hetero) is 1. The minimum Gasteiger partial charge on any atom is -0.510 e. The first-order chi connectivity index (χ1) is 14.9. The first-order valence-corrected chi connectivity index (χ1v) is 10.1. The Bertz CT molecular complexity index is 1130. The number of ketones is 1. The number of fused-ring (bicyclic) bond motifs is 3. The third kappa shape index (κ3) is 2.83. The van der Waals surface area contributed by atoms with E-state index in [9.17, 15) is 39.9 Å². The normalized spacial score (nSPS) is 29.5. The van der Waals surface area contributed by atoms with Gasteiger partial charge in [0, 0.05) is 17.9 Å². The molecule has 1 saturated carbocycles. The van der Waals surface area contributed by atoms with E-state index in [2.05, 4.69) is 0 Å². The fourth-order valence-corrected chi connectivity index (χ4v) is 5.53. The highest BCUT2D eigenvalue weighted by atomic mass is 16.4. The zero-order valence-electron chi connectivity index (χ0n) is 17.5. The maximum absolute atomic E-state index is 13.6. The van der Waals surface area contributed by atoms with Gasteiger partial charge in [-0.2, -0.15) is 0 Å². The summed E-state index contributed by atoms with van der Waals surface area (Å²) in [5.74, 6) is -5.84. The van der Waals surface area contributed by atoms with E-state index in [1.54, 1.807) is 19.0 Å².